The van der Waals surface area contributed by atoms with E-state index in [1.165, 1.54) is 6.07 Å². The van der Waals surface area contributed by atoms with Gasteiger partial charge in [-0.15, -0.1) is 0 Å². The number of aliphatic hydroxyl groups is 1. The van der Waals surface area contributed by atoms with Gasteiger partial charge in [0.15, 0.2) is 0 Å². The number of rotatable bonds is 4. The predicted molar refractivity (Wildman–Crippen MR) is 55.8 cm³/mol. The molecule has 1 aromatic carbocycles. The number of benzene rings is 1. The molecule has 1 aromatic rings. The second-order valence-electron chi connectivity index (χ2n) is 3.73. The predicted octanol–water partition coefficient (Wildman–Crippen LogP) is 2.84. The van der Waals surface area contributed by atoms with Crippen LogP contribution >= 0.6 is 0 Å². The molecule has 0 radical (unpaired) electrons. The molecular formula is C12H17FO. The minimum atomic E-state index is -0.301. The Hall–Kier alpha value is -0.890. The zero-order valence-corrected chi connectivity index (χ0v) is 8.76. The van der Waals surface area contributed by atoms with Crippen molar-refractivity contribution in [2.45, 2.75) is 39.2 Å². The molecule has 1 rings (SSSR count). The van der Waals surface area contributed by atoms with Crippen molar-refractivity contribution in [3.63, 3.8) is 0 Å². The first-order chi connectivity index (χ1) is 6.63. The summed E-state index contributed by atoms with van der Waals surface area (Å²) in [7, 11) is 0. The van der Waals surface area contributed by atoms with Crippen LogP contribution in [0.25, 0.3) is 0 Å². The summed E-state index contributed by atoms with van der Waals surface area (Å²) in [6, 6.07) is 5.00. The molecule has 0 aliphatic heterocycles. The minimum absolute atomic E-state index is 0.182. The highest BCUT2D eigenvalue weighted by Crippen LogP contribution is 2.12. The summed E-state index contributed by atoms with van der Waals surface area (Å²) in [5.41, 5.74) is 1.65. The van der Waals surface area contributed by atoms with E-state index in [1.54, 1.807) is 19.1 Å². The van der Waals surface area contributed by atoms with E-state index >= 15 is 0 Å². The molecule has 0 aliphatic carbocycles. The van der Waals surface area contributed by atoms with Crippen molar-refractivity contribution in [3.8, 4) is 0 Å². The van der Waals surface area contributed by atoms with Crippen LogP contribution in [0.5, 0.6) is 0 Å². The smallest absolute Gasteiger partial charge is 0.126 e. The Labute approximate surface area is 84.6 Å². The summed E-state index contributed by atoms with van der Waals surface area (Å²) in [4.78, 5) is 0. The van der Waals surface area contributed by atoms with Crippen LogP contribution in [0.3, 0.4) is 0 Å². The summed E-state index contributed by atoms with van der Waals surface area (Å²) >= 11 is 0. The van der Waals surface area contributed by atoms with Gasteiger partial charge in [-0.25, -0.2) is 4.39 Å². The average molecular weight is 196 g/mol. The van der Waals surface area contributed by atoms with E-state index < -0.39 is 0 Å². The van der Waals surface area contributed by atoms with E-state index in [0.717, 1.165) is 18.4 Å². The van der Waals surface area contributed by atoms with Crippen molar-refractivity contribution in [1.29, 1.82) is 0 Å². The van der Waals surface area contributed by atoms with Gasteiger partial charge < -0.3 is 5.11 Å². The maximum absolute atomic E-state index is 12.9. The van der Waals surface area contributed by atoms with Crippen LogP contribution < -0.4 is 0 Å². The van der Waals surface area contributed by atoms with E-state index in [1.807, 2.05) is 6.92 Å². The maximum atomic E-state index is 12.9. The lowest BCUT2D eigenvalue weighted by atomic mass is 10.0. The summed E-state index contributed by atoms with van der Waals surface area (Å²) in [6.45, 7) is 3.78. The standard InChI is InChI=1S/C12H17FO/c1-3-4-11(14)8-10-5-6-12(13)9(2)7-10/h5-7,11,14H,3-4,8H2,1-2H3/t11-/m0/s1. The summed E-state index contributed by atoms with van der Waals surface area (Å²) in [6.07, 6.45) is 2.09. The molecule has 0 saturated carbocycles. The van der Waals surface area contributed by atoms with Gasteiger partial charge in [-0.05, 0) is 37.0 Å². The molecule has 0 saturated heterocycles. The molecule has 1 N–H and O–H groups in total. The van der Waals surface area contributed by atoms with Crippen LogP contribution in [0, 0.1) is 12.7 Å². The minimum Gasteiger partial charge on any atom is -0.393 e. The molecule has 0 unspecified atom stereocenters. The molecule has 2 heteroatoms. The lowest BCUT2D eigenvalue weighted by Crippen LogP contribution is -2.09. The van der Waals surface area contributed by atoms with Crippen LogP contribution in [0.1, 0.15) is 30.9 Å². The first-order valence-electron chi connectivity index (χ1n) is 5.06. The first kappa shape index (κ1) is 11.2. The van der Waals surface area contributed by atoms with Crippen molar-refractivity contribution in [2.24, 2.45) is 0 Å². The zero-order chi connectivity index (χ0) is 10.6. The number of hydrogen-bond acceptors (Lipinski definition) is 1. The van der Waals surface area contributed by atoms with Gasteiger partial charge >= 0.3 is 0 Å². The Kier molecular flexibility index (Phi) is 4.08. The van der Waals surface area contributed by atoms with E-state index in [0.29, 0.717) is 12.0 Å². The summed E-state index contributed by atoms with van der Waals surface area (Å²) < 4.78 is 12.9. The Morgan fingerprint density at radius 3 is 2.71 bits per heavy atom. The van der Waals surface area contributed by atoms with Gasteiger partial charge in [0, 0.05) is 0 Å². The van der Waals surface area contributed by atoms with Gasteiger partial charge in [0.25, 0.3) is 0 Å². The van der Waals surface area contributed by atoms with Gasteiger partial charge in [0.05, 0.1) is 6.10 Å². The van der Waals surface area contributed by atoms with E-state index in [4.69, 9.17) is 0 Å². The van der Waals surface area contributed by atoms with E-state index in [2.05, 4.69) is 0 Å². The molecule has 1 nitrogen and oxygen atoms in total. The van der Waals surface area contributed by atoms with Crippen LogP contribution in [-0.4, -0.2) is 11.2 Å². The summed E-state index contributed by atoms with van der Waals surface area (Å²) in [5.74, 6) is -0.182. The highest BCUT2D eigenvalue weighted by Gasteiger charge is 2.05. The van der Waals surface area contributed by atoms with Crippen LogP contribution in [0.4, 0.5) is 4.39 Å². The fraction of sp³-hybridized carbons (Fsp3) is 0.500. The fourth-order valence-electron chi connectivity index (χ4n) is 1.54. The average Bonchev–Trinajstić information content (AvgIpc) is 2.12. The second kappa shape index (κ2) is 5.11. The van der Waals surface area contributed by atoms with Crippen LogP contribution in [0.2, 0.25) is 0 Å². The molecule has 0 heterocycles. The fourth-order valence-corrected chi connectivity index (χ4v) is 1.54. The largest absolute Gasteiger partial charge is 0.393 e. The Balaban J connectivity index is 2.63. The Morgan fingerprint density at radius 2 is 2.14 bits per heavy atom. The molecule has 0 amide bonds. The monoisotopic (exact) mass is 196 g/mol. The van der Waals surface area contributed by atoms with Gasteiger partial charge in [-0.3, -0.25) is 0 Å². The van der Waals surface area contributed by atoms with Crippen molar-refractivity contribution < 1.29 is 9.50 Å². The molecule has 0 spiro atoms. The van der Waals surface area contributed by atoms with Crippen LogP contribution in [0.15, 0.2) is 18.2 Å². The third kappa shape index (κ3) is 3.11. The molecule has 0 fully saturated rings. The van der Waals surface area contributed by atoms with Gasteiger partial charge in [0.1, 0.15) is 5.82 Å². The van der Waals surface area contributed by atoms with Crippen molar-refractivity contribution in [1.82, 2.24) is 0 Å². The normalized spacial score (nSPS) is 12.9. The number of aryl methyl sites for hydroxylation is 1. The molecule has 14 heavy (non-hydrogen) atoms. The molecule has 1 atom stereocenters. The maximum Gasteiger partial charge on any atom is 0.126 e. The topological polar surface area (TPSA) is 20.2 Å². The second-order valence-corrected chi connectivity index (χ2v) is 3.73. The number of hydrogen-bond donors (Lipinski definition) is 1. The molecule has 0 aromatic heterocycles. The zero-order valence-electron chi connectivity index (χ0n) is 8.76. The highest BCUT2D eigenvalue weighted by atomic mass is 19.1. The summed E-state index contributed by atoms with van der Waals surface area (Å²) in [5, 5.41) is 9.57. The SMILES string of the molecule is CCC[C@H](O)Cc1ccc(F)c(C)c1. The van der Waals surface area contributed by atoms with E-state index in [9.17, 15) is 9.50 Å². The van der Waals surface area contributed by atoms with Crippen molar-refractivity contribution in [2.75, 3.05) is 0 Å². The molecular weight excluding hydrogens is 179 g/mol. The molecule has 0 aliphatic rings. The number of halogens is 1. The third-order valence-electron chi connectivity index (χ3n) is 2.32. The van der Waals surface area contributed by atoms with E-state index in [-0.39, 0.29) is 11.9 Å². The van der Waals surface area contributed by atoms with Gasteiger partial charge in [-0.1, -0.05) is 25.5 Å². The lowest BCUT2D eigenvalue weighted by molar-refractivity contribution is 0.164. The van der Waals surface area contributed by atoms with Crippen LogP contribution in [-0.2, 0) is 6.42 Å². The van der Waals surface area contributed by atoms with Crippen molar-refractivity contribution in [3.05, 3.63) is 35.1 Å². The Bertz CT molecular complexity index is 296. The molecule has 78 valence electrons. The lowest BCUT2D eigenvalue weighted by Gasteiger charge is -2.09. The van der Waals surface area contributed by atoms with Gasteiger partial charge in [-0.2, -0.15) is 0 Å². The quantitative estimate of drug-likeness (QED) is 0.785. The number of aliphatic hydroxyl groups excluding tert-OH is 1. The first-order valence-corrected chi connectivity index (χ1v) is 5.06. The highest BCUT2D eigenvalue weighted by molar-refractivity contribution is 5.24. The Morgan fingerprint density at radius 1 is 1.43 bits per heavy atom. The van der Waals surface area contributed by atoms with Crippen molar-refractivity contribution >= 4 is 0 Å². The molecule has 0 bridgehead atoms. The third-order valence-corrected chi connectivity index (χ3v) is 2.32. The van der Waals surface area contributed by atoms with Gasteiger partial charge in [0.2, 0.25) is 0 Å².